The van der Waals surface area contributed by atoms with Crippen LogP contribution in [0.15, 0.2) is 36.7 Å². The fourth-order valence-electron chi connectivity index (χ4n) is 3.07. The number of aryl methyl sites for hydroxylation is 1. The molecule has 0 bridgehead atoms. The predicted octanol–water partition coefficient (Wildman–Crippen LogP) is 2.71. The summed E-state index contributed by atoms with van der Waals surface area (Å²) in [5.74, 6) is 1.06. The second-order valence-electron chi connectivity index (χ2n) is 5.63. The molecule has 0 spiro atoms. The van der Waals surface area contributed by atoms with Gasteiger partial charge in [-0.1, -0.05) is 12.1 Å². The minimum atomic E-state index is 0.173. The Bertz CT molecular complexity index is 625. The second-order valence-corrected chi connectivity index (χ2v) is 5.63. The summed E-state index contributed by atoms with van der Waals surface area (Å²) in [5.41, 5.74) is 2.24. The van der Waals surface area contributed by atoms with Crippen LogP contribution in [0.1, 0.15) is 36.4 Å². The lowest BCUT2D eigenvalue weighted by molar-refractivity contribution is -0.132. The number of nitrogens with zero attached hydrogens (tertiary/aromatic N) is 2. The van der Waals surface area contributed by atoms with Gasteiger partial charge in [-0.25, -0.2) is 0 Å². The molecule has 1 aliphatic heterocycles. The first-order valence-corrected chi connectivity index (χ1v) is 7.69. The van der Waals surface area contributed by atoms with Crippen molar-refractivity contribution in [1.29, 1.82) is 0 Å². The number of carbonyl (C=O) groups is 1. The first-order valence-electron chi connectivity index (χ1n) is 7.69. The van der Waals surface area contributed by atoms with Crippen molar-refractivity contribution in [2.45, 2.75) is 31.7 Å². The number of aromatic nitrogens is 2. The zero-order valence-electron chi connectivity index (χ0n) is 12.8. The summed E-state index contributed by atoms with van der Waals surface area (Å²) < 4.78 is 5.29. The molecule has 1 aliphatic rings. The average molecular weight is 299 g/mol. The van der Waals surface area contributed by atoms with Crippen molar-refractivity contribution in [3.8, 4) is 5.75 Å². The molecule has 1 aromatic heterocycles. The highest BCUT2D eigenvalue weighted by Gasteiger charge is 2.29. The first-order chi connectivity index (χ1) is 10.8. The van der Waals surface area contributed by atoms with Gasteiger partial charge in [-0.05, 0) is 42.5 Å². The molecule has 116 valence electrons. The van der Waals surface area contributed by atoms with Gasteiger partial charge in [-0.2, -0.15) is 5.10 Å². The Hall–Kier alpha value is -2.30. The zero-order chi connectivity index (χ0) is 15.4. The van der Waals surface area contributed by atoms with Crippen molar-refractivity contribution in [3.05, 3.63) is 47.8 Å². The Kier molecular flexibility index (Phi) is 4.42. The molecule has 5 nitrogen and oxygen atoms in total. The molecule has 0 saturated carbocycles. The molecule has 1 aromatic carbocycles. The van der Waals surface area contributed by atoms with Gasteiger partial charge in [-0.3, -0.25) is 9.89 Å². The lowest BCUT2D eigenvalue weighted by atomic mass is 10.0. The van der Waals surface area contributed by atoms with Crippen molar-refractivity contribution >= 4 is 5.91 Å². The maximum Gasteiger partial charge on any atom is 0.223 e. The minimum Gasteiger partial charge on any atom is -0.497 e. The van der Waals surface area contributed by atoms with Crippen LogP contribution in [0.3, 0.4) is 0 Å². The van der Waals surface area contributed by atoms with Crippen LogP contribution in [0.2, 0.25) is 0 Å². The fraction of sp³-hybridized carbons (Fsp3) is 0.412. The summed E-state index contributed by atoms with van der Waals surface area (Å²) in [6, 6.07) is 8.21. The molecular formula is C17H21N3O2. The Morgan fingerprint density at radius 2 is 2.41 bits per heavy atom. The smallest absolute Gasteiger partial charge is 0.223 e. The zero-order valence-corrected chi connectivity index (χ0v) is 12.8. The first kappa shape index (κ1) is 14.6. The van der Waals surface area contributed by atoms with E-state index in [2.05, 4.69) is 16.3 Å². The van der Waals surface area contributed by atoms with Gasteiger partial charge < -0.3 is 9.64 Å². The number of likely N-dealkylation sites (tertiary alicyclic amines) is 1. The number of methoxy groups -OCH3 is 1. The Balaban J connectivity index is 1.68. The molecular weight excluding hydrogens is 278 g/mol. The molecule has 1 unspecified atom stereocenters. The van der Waals surface area contributed by atoms with Crippen LogP contribution in [0, 0.1) is 0 Å². The number of aromatic amines is 1. The average Bonchev–Trinajstić information content (AvgIpc) is 3.24. The normalized spacial score (nSPS) is 17.7. The van der Waals surface area contributed by atoms with Crippen molar-refractivity contribution in [2.75, 3.05) is 13.7 Å². The van der Waals surface area contributed by atoms with E-state index in [4.69, 9.17) is 4.74 Å². The van der Waals surface area contributed by atoms with E-state index in [9.17, 15) is 4.79 Å². The van der Waals surface area contributed by atoms with Gasteiger partial charge in [0.2, 0.25) is 5.91 Å². The number of amides is 1. The monoisotopic (exact) mass is 299 g/mol. The quantitative estimate of drug-likeness (QED) is 0.923. The highest BCUT2D eigenvalue weighted by molar-refractivity contribution is 5.77. The minimum absolute atomic E-state index is 0.173. The molecule has 5 heteroatoms. The number of hydrogen-bond acceptors (Lipinski definition) is 3. The van der Waals surface area contributed by atoms with Crippen molar-refractivity contribution in [2.24, 2.45) is 0 Å². The number of H-pyrrole nitrogens is 1. The molecule has 2 heterocycles. The van der Waals surface area contributed by atoms with Crippen molar-refractivity contribution in [3.63, 3.8) is 0 Å². The number of benzene rings is 1. The number of rotatable bonds is 5. The molecule has 22 heavy (non-hydrogen) atoms. The maximum absolute atomic E-state index is 12.5. The van der Waals surface area contributed by atoms with Gasteiger partial charge in [0.25, 0.3) is 0 Å². The van der Waals surface area contributed by atoms with E-state index in [1.807, 2.05) is 29.3 Å². The highest BCUT2D eigenvalue weighted by Crippen LogP contribution is 2.33. The van der Waals surface area contributed by atoms with E-state index < -0.39 is 0 Å². The van der Waals surface area contributed by atoms with Crippen LogP contribution in [0.4, 0.5) is 0 Å². The predicted molar refractivity (Wildman–Crippen MR) is 83.6 cm³/mol. The third-order valence-electron chi connectivity index (χ3n) is 4.23. The molecule has 2 aromatic rings. The topological polar surface area (TPSA) is 58.2 Å². The number of hydrogen-bond donors (Lipinski definition) is 1. The fourth-order valence-corrected chi connectivity index (χ4v) is 3.07. The lowest BCUT2D eigenvalue weighted by Gasteiger charge is -2.25. The van der Waals surface area contributed by atoms with Gasteiger partial charge in [-0.15, -0.1) is 0 Å². The van der Waals surface area contributed by atoms with Gasteiger partial charge in [0.05, 0.1) is 19.3 Å². The number of ether oxygens (including phenoxy) is 1. The third-order valence-corrected chi connectivity index (χ3v) is 4.23. The molecule has 0 aliphatic carbocycles. The highest BCUT2D eigenvalue weighted by atomic mass is 16.5. The van der Waals surface area contributed by atoms with Crippen LogP contribution in [-0.4, -0.2) is 34.7 Å². The molecule has 1 amide bonds. The Morgan fingerprint density at radius 3 is 3.18 bits per heavy atom. The van der Waals surface area contributed by atoms with Crippen LogP contribution >= 0.6 is 0 Å². The lowest BCUT2D eigenvalue weighted by Crippen LogP contribution is -2.30. The SMILES string of the molecule is COc1cccc(C2CCCN2C(=O)CCc2cn[nH]c2)c1. The van der Waals surface area contributed by atoms with E-state index in [1.54, 1.807) is 13.3 Å². The Morgan fingerprint density at radius 1 is 1.50 bits per heavy atom. The van der Waals surface area contributed by atoms with E-state index in [0.29, 0.717) is 6.42 Å². The van der Waals surface area contributed by atoms with Crippen LogP contribution in [0.25, 0.3) is 0 Å². The van der Waals surface area contributed by atoms with Crippen molar-refractivity contribution < 1.29 is 9.53 Å². The molecule has 0 radical (unpaired) electrons. The second kappa shape index (κ2) is 6.64. The summed E-state index contributed by atoms with van der Waals surface area (Å²) in [7, 11) is 1.67. The van der Waals surface area contributed by atoms with E-state index in [0.717, 1.165) is 42.7 Å². The van der Waals surface area contributed by atoms with Crippen LogP contribution in [0.5, 0.6) is 5.75 Å². The standard InChI is InChI=1S/C17H21N3O2/c1-22-15-5-2-4-14(10-15)16-6-3-9-20(16)17(21)8-7-13-11-18-19-12-13/h2,4-5,10-12,16H,3,6-9H2,1H3,(H,18,19). The summed E-state index contributed by atoms with van der Waals surface area (Å²) >= 11 is 0. The third kappa shape index (κ3) is 3.13. The molecule has 1 atom stereocenters. The van der Waals surface area contributed by atoms with Gasteiger partial charge >= 0.3 is 0 Å². The molecule has 1 fully saturated rings. The van der Waals surface area contributed by atoms with Gasteiger partial charge in [0, 0.05) is 19.2 Å². The van der Waals surface area contributed by atoms with E-state index in [-0.39, 0.29) is 11.9 Å². The van der Waals surface area contributed by atoms with E-state index >= 15 is 0 Å². The summed E-state index contributed by atoms with van der Waals surface area (Å²) in [5, 5.41) is 6.70. The molecule has 1 N–H and O–H groups in total. The largest absolute Gasteiger partial charge is 0.497 e. The summed E-state index contributed by atoms with van der Waals surface area (Å²) in [6.45, 7) is 0.839. The summed E-state index contributed by atoms with van der Waals surface area (Å²) in [6.07, 6.45) is 6.95. The Labute approximate surface area is 130 Å². The van der Waals surface area contributed by atoms with Crippen molar-refractivity contribution in [1.82, 2.24) is 15.1 Å². The maximum atomic E-state index is 12.5. The van der Waals surface area contributed by atoms with Crippen LogP contribution < -0.4 is 4.74 Å². The summed E-state index contributed by atoms with van der Waals surface area (Å²) in [4.78, 5) is 14.6. The number of carbonyl (C=O) groups excluding carboxylic acids is 1. The van der Waals surface area contributed by atoms with Crippen LogP contribution in [-0.2, 0) is 11.2 Å². The van der Waals surface area contributed by atoms with Gasteiger partial charge in [0.1, 0.15) is 5.75 Å². The number of nitrogens with one attached hydrogen (secondary N) is 1. The van der Waals surface area contributed by atoms with E-state index in [1.165, 1.54) is 0 Å². The van der Waals surface area contributed by atoms with Gasteiger partial charge in [0.15, 0.2) is 0 Å². The molecule has 1 saturated heterocycles. The molecule has 3 rings (SSSR count).